The van der Waals surface area contributed by atoms with E-state index in [-0.39, 0.29) is 24.8 Å². The largest absolute Gasteiger partial charge is 0.383 e. The molecule has 2 amide bonds. The number of benzene rings is 1. The average Bonchev–Trinajstić information content (AvgIpc) is 3.18. The van der Waals surface area contributed by atoms with E-state index in [0.29, 0.717) is 47.8 Å². The molecule has 2 aromatic rings. The molecule has 29 heavy (non-hydrogen) atoms. The van der Waals surface area contributed by atoms with Gasteiger partial charge in [-0.3, -0.25) is 9.59 Å². The topological polar surface area (TPSA) is 92.8 Å². The molecule has 2 N–H and O–H groups in total. The Kier molecular flexibility index (Phi) is 9.85. The van der Waals surface area contributed by atoms with E-state index in [1.165, 1.54) is 11.3 Å². The molecular weight excluding hydrogens is 416 g/mol. The zero-order chi connectivity index (χ0) is 21.1. The van der Waals surface area contributed by atoms with Gasteiger partial charge in [0.25, 0.3) is 5.91 Å². The van der Waals surface area contributed by atoms with Gasteiger partial charge in [0, 0.05) is 45.7 Å². The molecule has 1 aromatic carbocycles. The summed E-state index contributed by atoms with van der Waals surface area (Å²) in [6.07, 6.45) is 0.189. The molecule has 1 aromatic heterocycles. The summed E-state index contributed by atoms with van der Waals surface area (Å²) < 4.78 is 9.99. The van der Waals surface area contributed by atoms with Crippen LogP contribution in [0.4, 0.5) is 10.8 Å². The van der Waals surface area contributed by atoms with E-state index in [1.54, 1.807) is 30.6 Å². The molecule has 1 heterocycles. The second-order valence-electron chi connectivity index (χ2n) is 6.02. The van der Waals surface area contributed by atoms with Crippen LogP contribution in [0.2, 0.25) is 5.02 Å². The first-order chi connectivity index (χ1) is 14.0. The number of para-hydroxylation sites is 1. The third kappa shape index (κ3) is 7.62. The number of hydrogen-bond acceptors (Lipinski definition) is 7. The fraction of sp³-hybridized carbons (Fsp3) is 0.421. The highest BCUT2D eigenvalue weighted by atomic mass is 35.5. The van der Waals surface area contributed by atoms with Gasteiger partial charge in [0.05, 0.1) is 23.9 Å². The minimum Gasteiger partial charge on any atom is -0.383 e. The van der Waals surface area contributed by atoms with E-state index in [4.69, 9.17) is 21.1 Å². The fourth-order valence-electron chi connectivity index (χ4n) is 2.40. The maximum Gasteiger partial charge on any atom is 0.273 e. The molecule has 0 unspecified atom stereocenters. The Balaban J connectivity index is 1.98. The lowest BCUT2D eigenvalue weighted by Gasteiger charge is -2.21. The van der Waals surface area contributed by atoms with E-state index in [0.717, 1.165) is 0 Å². The van der Waals surface area contributed by atoms with Crippen LogP contribution in [0.5, 0.6) is 0 Å². The second-order valence-corrected chi connectivity index (χ2v) is 7.29. The van der Waals surface area contributed by atoms with Gasteiger partial charge in [0.15, 0.2) is 5.13 Å². The van der Waals surface area contributed by atoms with Crippen LogP contribution < -0.4 is 10.6 Å². The van der Waals surface area contributed by atoms with Gasteiger partial charge in [-0.05, 0) is 12.1 Å². The smallest absolute Gasteiger partial charge is 0.273 e. The number of methoxy groups -OCH3 is 2. The monoisotopic (exact) mass is 440 g/mol. The summed E-state index contributed by atoms with van der Waals surface area (Å²) in [4.78, 5) is 30.7. The number of amides is 2. The Bertz CT molecular complexity index is 802. The predicted octanol–water partition coefficient (Wildman–Crippen LogP) is 2.78. The third-order valence-electron chi connectivity index (χ3n) is 3.93. The highest BCUT2D eigenvalue weighted by molar-refractivity contribution is 7.14. The molecule has 2 rings (SSSR count). The van der Waals surface area contributed by atoms with Crippen molar-refractivity contribution < 1.29 is 19.1 Å². The zero-order valence-electron chi connectivity index (χ0n) is 16.4. The van der Waals surface area contributed by atoms with E-state index >= 15 is 0 Å². The molecule has 0 saturated carbocycles. The molecule has 0 aliphatic heterocycles. The van der Waals surface area contributed by atoms with Crippen LogP contribution in [-0.4, -0.2) is 68.8 Å². The van der Waals surface area contributed by atoms with Gasteiger partial charge in [-0.2, -0.15) is 0 Å². The van der Waals surface area contributed by atoms with E-state index in [9.17, 15) is 9.59 Å². The average molecular weight is 441 g/mol. The number of thiazole rings is 1. The van der Waals surface area contributed by atoms with E-state index < -0.39 is 0 Å². The van der Waals surface area contributed by atoms with Gasteiger partial charge in [0.1, 0.15) is 5.69 Å². The Hall–Kier alpha value is -2.20. The van der Waals surface area contributed by atoms with Crippen LogP contribution in [0.25, 0.3) is 0 Å². The molecule has 0 aliphatic rings. The molecule has 0 radical (unpaired) electrons. The third-order valence-corrected chi connectivity index (χ3v) is 5.02. The lowest BCUT2D eigenvalue weighted by Crippen LogP contribution is -2.38. The maximum atomic E-state index is 12.9. The molecule has 0 aliphatic carbocycles. The molecule has 8 nitrogen and oxygen atoms in total. The molecule has 0 bridgehead atoms. The number of ether oxygens (including phenoxy) is 2. The highest BCUT2D eigenvalue weighted by Crippen LogP contribution is 2.27. The van der Waals surface area contributed by atoms with Gasteiger partial charge < -0.3 is 25.0 Å². The second kappa shape index (κ2) is 12.4. The Morgan fingerprint density at radius 2 is 1.93 bits per heavy atom. The lowest BCUT2D eigenvalue weighted by molar-refractivity contribution is -0.121. The molecule has 0 spiro atoms. The molecule has 10 heteroatoms. The first-order valence-electron chi connectivity index (χ1n) is 9.06. The normalized spacial score (nSPS) is 10.6. The van der Waals surface area contributed by atoms with Crippen LogP contribution >= 0.6 is 22.9 Å². The van der Waals surface area contributed by atoms with Crippen LogP contribution in [0.15, 0.2) is 29.6 Å². The summed E-state index contributed by atoms with van der Waals surface area (Å²) in [5.74, 6) is -0.396. The number of nitrogens with zero attached hydrogens (tertiary/aromatic N) is 2. The van der Waals surface area contributed by atoms with Crippen molar-refractivity contribution >= 4 is 45.6 Å². The summed E-state index contributed by atoms with van der Waals surface area (Å²) in [7, 11) is 3.13. The van der Waals surface area contributed by atoms with Crippen molar-refractivity contribution in [2.45, 2.75) is 6.42 Å². The number of anilines is 2. The molecule has 0 saturated heterocycles. The summed E-state index contributed by atoms with van der Waals surface area (Å²) in [6, 6.07) is 7.30. The highest BCUT2D eigenvalue weighted by Gasteiger charge is 2.20. The maximum absolute atomic E-state index is 12.9. The van der Waals surface area contributed by atoms with Gasteiger partial charge in [-0.1, -0.05) is 23.7 Å². The molecule has 0 atom stereocenters. The van der Waals surface area contributed by atoms with E-state index in [1.807, 2.05) is 18.2 Å². The minimum absolute atomic E-state index is 0.142. The Labute approximate surface area is 179 Å². The molecule has 158 valence electrons. The number of carbonyl (C=O) groups excluding carboxylic acids is 2. The van der Waals surface area contributed by atoms with Crippen molar-refractivity contribution in [1.82, 2.24) is 15.2 Å². The van der Waals surface area contributed by atoms with Crippen LogP contribution in [-0.2, 0) is 14.3 Å². The van der Waals surface area contributed by atoms with Crippen molar-refractivity contribution in [1.29, 1.82) is 0 Å². The molecule has 0 fully saturated rings. The van der Waals surface area contributed by atoms with Crippen LogP contribution in [0, 0.1) is 0 Å². The number of halogens is 1. The Morgan fingerprint density at radius 1 is 1.17 bits per heavy atom. The SMILES string of the molecule is COCCNC(=O)CCN(CCOC)C(=O)c1csc(Nc2ccccc2Cl)n1. The predicted molar refractivity (Wildman–Crippen MR) is 114 cm³/mol. The number of nitrogens with one attached hydrogen (secondary N) is 2. The number of aromatic nitrogens is 1. The lowest BCUT2D eigenvalue weighted by atomic mass is 10.3. The van der Waals surface area contributed by atoms with E-state index in [2.05, 4.69) is 15.6 Å². The van der Waals surface area contributed by atoms with Crippen LogP contribution in [0.3, 0.4) is 0 Å². The van der Waals surface area contributed by atoms with Gasteiger partial charge in [-0.25, -0.2) is 4.98 Å². The fourth-order valence-corrected chi connectivity index (χ4v) is 3.28. The number of hydrogen-bond donors (Lipinski definition) is 2. The number of carbonyl (C=O) groups is 2. The number of rotatable bonds is 12. The zero-order valence-corrected chi connectivity index (χ0v) is 18.0. The van der Waals surface area contributed by atoms with Crippen molar-refractivity contribution in [2.75, 3.05) is 52.4 Å². The van der Waals surface area contributed by atoms with Crippen molar-refractivity contribution in [3.63, 3.8) is 0 Å². The first kappa shape index (κ1) is 23.1. The van der Waals surface area contributed by atoms with Gasteiger partial charge in [0.2, 0.25) is 5.91 Å². The van der Waals surface area contributed by atoms with Crippen molar-refractivity contribution in [3.8, 4) is 0 Å². The van der Waals surface area contributed by atoms with Crippen molar-refractivity contribution in [3.05, 3.63) is 40.4 Å². The standard InChI is InChI=1S/C19H25ClN4O4S/c1-27-11-8-21-17(25)7-9-24(10-12-28-2)18(26)16-13-29-19(23-16)22-15-6-4-3-5-14(15)20/h3-6,13H,7-12H2,1-2H3,(H,21,25)(H,22,23). The summed E-state index contributed by atoms with van der Waals surface area (Å²) in [5, 5.41) is 8.66. The Morgan fingerprint density at radius 3 is 2.66 bits per heavy atom. The molecular formula is C19H25ClN4O4S. The van der Waals surface area contributed by atoms with Gasteiger partial charge in [-0.15, -0.1) is 11.3 Å². The minimum atomic E-state index is -0.254. The van der Waals surface area contributed by atoms with Crippen LogP contribution in [0.1, 0.15) is 16.9 Å². The summed E-state index contributed by atoms with van der Waals surface area (Å²) in [6.45, 7) is 1.88. The quantitative estimate of drug-likeness (QED) is 0.493. The summed E-state index contributed by atoms with van der Waals surface area (Å²) in [5.41, 5.74) is 1.02. The summed E-state index contributed by atoms with van der Waals surface area (Å²) >= 11 is 7.45. The van der Waals surface area contributed by atoms with Gasteiger partial charge >= 0.3 is 0 Å². The van der Waals surface area contributed by atoms with Crippen molar-refractivity contribution in [2.24, 2.45) is 0 Å². The first-order valence-corrected chi connectivity index (χ1v) is 10.3.